The van der Waals surface area contributed by atoms with Crippen LogP contribution in [0.25, 0.3) is 0 Å². The van der Waals surface area contributed by atoms with Crippen molar-refractivity contribution in [3.05, 3.63) is 106 Å². The van der Waals surface area contributed by atoms with E-state index < -0.39 is 82.8 Å². The van der Waals surface area contributed by atoms with Gasteiger partial charge in [-0.25, -0.2) is 23.8 Å². The maximum Gasteiger partial charge on any atom is 0.413 e. The number of fused-ring (bicyclic) bond motifs is 3. The second kappa shape index (κ2) is 26.0. The fraction of sp³-hybridized carbons (Fsp3) is 0.415. The van der Waals surface area contributed by atoms with Gasteiger partial charge in [0, 0.05) is 54.0 Å². The number of likely N-dealkylation sites (N-methyl/N-ethyl adjacent to an activating group) is 1. The number of methoxy groups -OCH3 is 2. The lowest BCUT2D eigenvalue weighted by molar-refractivity contribution is -0.944. The van der Waals surface area contributed by atoms with Gasteiger partial charge in [-0.05, 0) is 68.3 Å². The molecule has 6 radical (unpaired) electrons. The van der Waals surface area contributed by atoms with Gasteiger partial charge in [-0.3, -0.25) is 29.4 Å². The highest BCUT2D eigenvalue weighted by molar-refractivity contribution is 8.00. The average molecular weight is 1160 g/mol. The van der Waals surface area contributed by atoms with E-state index in [1.54, 1.807) is 71.4 Å². The smallest absolute Gasteiger partial charge is 0.413 e. The Morgan fingerprint density at radius 1 is 0.878 bits per heavy atom. The molecule has 3 fully saturated rings. The summed E-state index contributed by atoms with van der Waals surface area (Å²) in [5.74, 6) is -5.09. The van der Waals surface area contributed by atoms with Gasteiger partial charge >= 0.3 is 42.2 Å². The van der Waals surface area contributed by atoms with E-state index in [-0.39, 0.29) is 70.7 Å². The number of carbonyl (C=O) groups is 7. The van der Waals surface area contributed by atoms with Crippen LogP contribution < -0.4 is 34.9 Å². The summed E-state index contributed by atoms with van der Waals surface area (Å²) in [6, 6.07) is 15.3. The van der Waals surface area contributed by atoms with Crippen molar-refractivity contribution in [1.29, 1.82) is 0 Å². The maximum atomic E-state index is 16.1. The zero-order valence-corrected chi connectivity index (χ0v) is 47.1. The molecule has 3 N–H and O–H groups in total. The van der Waals surface area contributed by atoms with Crippen molar-refractivity contribution in [3.8, 4) is 23.0 Å². The minimum absolute atomic E-state index is 0.00681. The number of amides is 4. The van der Waals surface area contributed by atoms with Crippen LogP contribution in [0.2, 0.25) is 0 Å². The predicted octanol–water partition coefficient (Wildman–Crippen LogP) is 4.39. The Labute approximate surface area is 483 Å². The van der Waals surface area contributed by atoms with Crippen LogP contribution in [0.4, 0.5) is 14.3 Å². The van der Waals surface area contributed by atoms with Gasteiger partial charge in [-0.2, -0.15) is 0 Å². The Kier molecular flexibility index (Phi) is 19.1. The standard InChI is InChI=1S/C53H55B3FN7O16S2/c1-53(2,3)76-52(71)61-51-59-37(26-82-51)41(62-80-39(49(69)78-55)21-40(65)77-54)46(67)60-42-47(68)63-43(50(70)79-56)30(25-81-48(42)63)22-64(4)32-11-12-33(64)20-31(19-32)58-45(66)29-17-36(57)44(75-24-28-9-15-35(73-6)16-10-28)38(18-29)74-23-27-7-13-34(72-5)14-8-27/h7-10,13-18,26,31-33,39,42,48H,11-12,19-25H2,1-6H3,(H2-,58,59,60,61,66,67,71)/p+1/b62-41-/t31?,32-,33+,39-,42+,48+,64?/m0/s1. The SMILES string of the molecule is [B]OC(=O)C[C@H](O/N=C(\C(=O)N[C@@H]1C(=O)N2C(C(=O)O[B])=C(C[N+]3(C)[C@@H]4CC[C@H]3CC(NC(=O)c3cc(F)c(OCc5ccc(OC)cc5)c(OCc5ccc(OC)cc5)c3)C4)CS[C@H]12)c1csc(NC(=O)OC(C)(C)C)n1)C(=O)O[B]. The summed E-state index contributed by atoms with van der Waals surface area (Å²) in [7, 11) is 20.6. The van der Waals surface area contributed by atoms with Crippen molar-refractivity contribution >= 4 is 99.8 Å². The van der Waals surface area contributed by atoms with Gasteiger partial charge in [0.25, 0.3) is 23.7 Å². The molecule has 29 heteroatoms. The van der Waals surface area contributed by atoms with E-state index in [0.29, 0.717) is 40.9 Å². The maximum absolute atomic E-state index is 16.1. The molecule has 5 heterocycles. The zero-order chi connectivity index (χ0) is 59.0. The molecule has 2 unspecified atom stereocenters. The number of quaternary nitrogens is 1. The fourth-order valence-electron chi connectivity index (χ4n) is 10.2. The number of nitrogens with one attached hydrogen (secondary N) is 3. The van der Waals surface area contributed by atoms with Crippen LogP contribution in [0.5, 0.6) is 23.0 Å². The third-order valence-corrected chi connectivity index (χ3v) is 16.3. The number of benzene rings is 3. The first kappa shape index (κ1) is 60.3. The molecule has 4 amide bonds. The van der Waals surface area contributed by atoms with Crippen molar-refractivity contribution < 1.29 is 84.9 Å². The summed E-state index contributed by atoms with van der Waals surface area (Å²) in [5.41, 5.74) is 0.327. The molecule has 0 saturated carbocycles. The van der Waals surface area contributed by atoms with E-state index >= 15 is 4.39 Å². The van der Waals surface area contributed by atoms with E-state index in [4.69, 9.17) is 57.3 Å². The largest absolute Gasteiger partial charge is 0.543 e. The molecule has 426 valence electrons. The Hall–Kier alpha value is -7.78. The zero-order valence-electron chi connectivity index (χ0n) is 45.4. The Balaban J connectivity index is 0.961. The van der Waals surface area contributed by atoms with Crippen LogP contribution in [-0.4, -0.2) is 161 Å². The van der Waals surface area contributed by atoms with Gasteiger partial charge in [-0.15, -0.1) is 23.1 Å². The average Bonchev–Trinajstić information content (AvgIpc) is 1.56. The Bertz CT molecular complexity index is 3130. The van der Waals surface area contributed by atoms with Crippen molar-refractivity contribution in [3.63, 3.8) is 0 Å². The highest BCUT2D eigenvalue weighted by Crippen LogP contribution is 2.46. The van der Waals surface area contributed by atoms with Gasteiger partial charge in [0.15, 0.2) is 28.2 Å². The molecule has 4 aliphatic heterocycles. The topological polar surface area (TPSA) is 267 Å². The first-order valence-corrected chi connectivity index (χ1v) is 27.5. The molecule has 7 atom stereocenters. The number of piperidine rings is 1. The number of thiazole rings is 1. The lowest BCUT2D eigenvalue weighted by Gasteiger charge is -2.52. The fourth-order valence-corrected chi connectivity index (χ4v) is 12.2. The summed E-state index contributed by atoms with van der Waals surface area (Å²) in [6.45, 7) is 5.30. The normalized spacial score (nSPS) is 21.4. The molecule has 2 bridgehead atoms. The lowest BCUT2D eigenvalue weighted by atomic mass is 9.92. The summed E-state index contributed by atoms with van der Waals surface area (Å²) in [4.78, 5) is 104. The number of ether oxygens (including phenoxy) is 5. The van der Waals surface area contributed by atoms with Gasteiger partial charge in [0.2, 0.25) is 6.10 Å². The number of hydrogen-bond acceptors (Lipinski definition) is 20. The van der Waals surface area contributed by atoms with Gasteiger partial charge in [0.05, 0.1) is 39.8 Å². The predicted molar refractivity (Wildman–Crippen MR) is 295 cm³/mol. The summed E-state index contributed by atoms with van der Waals surface area (Å²) >= 11 is 2.12. The van der Waals surface area contributed by atoms with E-state index in [1.165, 1.54) is 28.1 Å². The molecule has 1 aromatic heterocycles. The number of halogens is 1. The number of aromatic nitrogens is 1. The van der Waals surface area contributed by atoms with Crippen molar-refractivity contribution in [2.24, 2.45) is 5.16 Å². The number of thioether (sulfide) groups is 1. The molecule has 4 aromatic rings. The number of β-lactam (4-membered cyclic amide) rings is 1. The first-order chi connectivity index (χ1) is 39.1. The number of nitrogens with zero attached hydrogens (tertiary/aromatic N) is 4. The molecular weight excluding hydrogens is 1110 g/mol. The van der Waals surface area contributed by atoms with E-state index in [9.17, 15) is 33.6 Å². The second-order valence-electron chi connectivity index (χ2n) is 20.6. The minimum Gasteiger partial charge on any atom is -0.543 e. The van der Waals surface area contributed by atoms with Crippen molar-refractivity contribution in [2.45, 2.75) is 107 Å². The number of hydrogen-bond donors (Lipinski definition) is 3. The van der Waals surface area contributed by atoms with E-state index in [1.807, 2.05) is 12.1 Å². The second-order valence-corrected chi connectivity index (χ2v) is 22.6. The molecule has 3 saturated heterocycles. The highest BCUT2D eigenvalue weighted by atomic mass is 32.2. The molecule has 0 spiro atoms. The van der Waals surface area contributed by atoms with Crippen LogP contribution in [0.3, 0.4) is 0 Å². The van der Waals surface area contributed by atoms with Gasteiger partial charge in [-0.1, -0.05) is 29.4 Å². The first-order valence-electron chi connectivity index (χ1n) is 25.5. The quantitative estimate of drug-likeness (QED) is 0.0324. The van der Waals surface area contributed by atoms with Crippen LogP contribution in [0.15, 0.2) is 82.5 Å². The summed E-state index contributed by atoms with van der Waals surface area (Å²) in [5, 5.41) is 12.4. The molecule has 8 rings (SSSR count). The van der Waals surface area contributed by atoms with Crippen LogP contribution >= 0.6 is 23.1 Å². The number of rotatable bonds is 22. The number of oxime groups is 1. The monoisotopic (exact) mass is 1160 g/mol. The minimum atomic E-state index is -1.87. The number of carbonyl (C=O) groups excluding carboxylic acids is 7. The number of anilines is 1. The van der Waals surface area contributed by atoms with Gasteiger partial charge in [0.1, 0.15) is 59.7 Å². The van der Waals surface area contributed by atoms with Crippen LogP contribution in [0, 0.1) is 5.82 Å². The molecular formula is C53H56B3FN7O16S2+. The molecule has 82 heavy (non-hydrogen) atoms. The van der Waals surface area contributed by atoms with Gasteiger partial charge < -0.3 is 57.6 Å². The van der Waals surface area contributed by atoms with E-state index in [2.05, 4.69) is 42.4 Å². The third kappa shape index (κ3) is 13.9. The third-order valence-electron chi connectivity index (χ3n) is 14.2. The highest BCUT2D eigenvalue weighted by Gasteiger charge is 2.57. The summed E-state index contributed by atoms with van der Waals surface area (Å²) in [6.07, 6.45) is -0.918. The lowest BCUT2D eigenvalue weighted by Crippen LogP contribution is -2.71. The summed E-state index contributed by atoms with van der Waals surface area (Å²) < 4.78 is 57.6. The molecule has 23 nitrogen and oxygen atoms in total. The molecule has 4 aliphatic rings. The molecule has 0 aliphatic carbocycles. The van der Waals surface area contributed by atoms with Crippen molar-refractivity contribution in [1.82, 2.24) is 20.5 Å². The van der Waals surface area contributed by atoms with Crippen LogP contribution in [0.1, 0.15) is 80.1 Å². The Morgan fingerprint density at radius 3 is 2.10 bits per heavy atom. The van der Waals surface area contributed by atoms with Crippen LogP contribution in [-0.2, 0) is 60.7 Å². The Morgan fingerprint density at radius 2 is 1.51 bits per heavy atom. The molecule has 3 aromatic carbocycles. The van der Waals surface area contributed by atoms with Crippen molar-refractivity contribution in [2.75, 3.05) is 38.9 Å². The van der Waals surface area contributed by atoms with E-state index in [0.717, 1.165) is 41.4 Å².